The molecule has 0 aromatic carbocycles. The van der Waals surface area contributed by atoms with Crippen LogP contribution in [0.25, 0.3) is 0 Å². The third-order valence-electron chi connectivity index (χ3n) is 4.78. The Morgan fingerprint density at radius 3 is 2.54 bits per heavy atom. The van der Waals surface area contributed by atoms with Gasteiger partial charge in [0.2, 0.25) is 5.95 Å². The van der Waals surface area contributed by atoms with E-state index in [-0.39, 0.29) is 5.91 Å². The van der Waals surface area contributed by atoms with Gasteiger partial charge >= 0.3 is 0 Å². The predicted molar refractivity (Wildman–Crippen MR) is 102 cm³/mol. The van der Waals surface area contributed by atoms with E-state index in [0.717, 1.165) is 62.4 Å². The Morgan fingerprint density at radius 2 is 1.85 bits per heavy atom. The van der Waals surface area contributed by atoms with E-state index in [9.17, 15) is 4.79 Å². The van der Waals surface area contributed by atoms with Crippen LogP contribution in [0.4, 0.5) is 11.8 Å². The fourth-order valence-electron chi connectivity index (χ4n) is 3.31. The first kappa shape index (κ1) is 17.2. The fourth-order valence-corrected chi connectivity index (χ4v) is 3.94. The lowest BCUT2D eigenvalue weighted by atomic mass is 10.2. The van der Waals surface area contributed by atoms with Crippen molar-refractivity contribution >= 4 is 29.0 Å². The first-order valence-corrected chi connectivity index (χ1v) is 9.90. The van der Waals surface area contributed by atoms with Gasteiger partial charge in [0.05, 0.1) is 18.8 Å². The molecule has 26 heavy (non-hydrogen) atoms. The summed E-state index contributed by atoms with van der Waals surface area (Å²) in [6.45, 7) is 8.09. The Morgan fingerprint density at radius 1 is 1.08 bits per heavy atom. The molecule has 2 fully saturated rings. The van der Waals surface area contributed by atoms with Crippen LogP contribution < -0.4 is 9.80 Å². The van der Waals surface area contributed by atoms with Crippen LogP contribution >= 0.6 is 11.3 Å². The predicted octanol–water partition coefficient (Wildman–Crippen LogP) is 1.65. The molecule has 2 aromatic heterocycles. The van der Waals surface area contributed by atoms with Gasteiger partial charge in [0.1, 0.15) is 5.82 Å². The summed E-state index contributed by atoms with van der Waals surface area (Å²) in [6.07, 6.45) is 0. The number of aryl methyl sites for hydroxylation is 1. The molecule has 2 aliphatic heterocycles. The largest absolute Gasteiger partial charge is 0.378 e. The number of carbonyl (C=O) groups excluding carboxylic acids is 1. The van der Waals surface area contributed by atoms with Crippen LogP contribution in [-0.4, -0.2) is 73.3 Å². The molecule has 0 N–H and O–H groups in total. The van der Waals surface area contributed by atoms with Crippen LogP contribution in [0.1, 0.15) is 16.1 Å². The summed E-state index contributed by atoms with van der Waals surface area (Å²) in [5, 5.41) is 3.86. The summed E-state index contributed by atoms with van der Waals surface area (Å²) < 4.78 is 5.42. The second kappa shape index (κ2) is 7.59. The lowest BCUT2D eigenvalue weighted by Crippen LogP contribution is -2.49. The number of amides is 1. The molecule has 0 radical (unpaired) electrons. The van der Waals surface area contributed by atoms with Crippen LogP contribution in [0.2, 0.25) is 0 Å². The Labute approximate surface area is 157 Å². The van der Waals surface area contributed by atoms with Gasteiger partial charge in [-0.25, -0.2) is 4.98 Å². The minimum Gasteiger partial charge on any atom is -0.378 e. The third-order valence-corrected chi connectivity index (χ3v) is 5.47. The molecule has 2 saturated heterocycles. The summed E-state index contributed by atoms with van der Waals surface area (Å²) in [6, 6.07) is 3.92. The van der Waals surface area contributed by atoms with E-state index in [1.165, 1.54) is 0 Å². The normalized spacial score (nSPS) is 18.3. The van der Waals surface area contributed by atoms with Crippen molar-refractivity contribution in [1.29, 1.82) is 0 Å². The van der Waals surface area contributed by atoms with E-state index in [0.29, 0.717) is 13.1 Å². The summed E-state index contributed by atoms with van der Waals surface area (Å²) in [5.41, 5.74) is 1.75. The zero-order valence-electron chi connectivity index (χ0n) is 14.9. The number of rotatable bonds is 3. The summed E-state index contributed by atoms with van der Waals surface area (Å²) >= 11 is 1.56. The van der Waals surface area contributed by atoms with Crippen molar-refractivity contribution in [2.24, 2.45) is 0 Å². The average Bonchev–Trinajstić information content (AvgIpc) is 3.22. The quantitative estimate of drug-likeness (QED) is 0.815. The Balaban J connectivity index is 1.44. The maximum atomic E-state index is 12.5. The van der Waals surface area contributed by atoms with Crippen molar-refractivity contribution in [2.45, 2.75) is 6.92 Å². The van der Waals surface area contributed by atoms with E-state index < -0.39 is 0 Å². The molecular weight excluding hydrogens is 350 g/mol. The third kappa shape index (κ3) is 3.66. The summed E-state index contributed by atoms with van der Waals surface area (Å²) in [4.78, 5) is 28.2. The number of thiophene rings is 1. The van der Waals surface area contributed by atoms with Crippen LogP contribution in [0.3, 0.4) is 0 Å². The molecule has 0 saturated carbocycles. The van der Waals surface area contributed by atoms with Gasteiger partial charge in [0.15, 0.2) is 0 Å². The number of nitrogens with zero attached hydrogens (tertiary/aromatic N) is 5. The number of piperazine rings is 1. The monoisotopic (exact) mass is 373 g/mol. The maximum Gasteiger partial charge on any atom is 0.254 e. The van der Waals surface area contributed by atoms with Crippen molar-refractivity contribution in [3.05, 3.63) is 34.2 Å². The molecule has 2 aliphatic rings. The van der Waals surface area contributed by atoms with Crippen LogP contribution in [0.5, 0.6) is 0 Å². The second-order valence-corrected chi connectivity index (χ2v) is 7.34. The zero-order valence-corrected chi connectivity index (χ0v) is 15.7. The van der Waals surface area contributed by atoms with E-state index in [1.54, 1.807) is 11.3 Å². The Hall–Kier alpha value is -2.19. The zero-order chi connectivity index (χ0) is 17.9. The molecule has 8 heteroatoms. The van der Waals surface area contributed by atoms with Gasteiger partial charge in [-0.1, -0.05) is 0 Å². The smallest absolute Gasteiger partial charge is 0.254 e. The highest BCUT2D eigenvalue weighted by Crippen LogP contribution is 2.20. The van der Waals surface area contributed by atoms with Crippen molar-refractivity contribution < 1.29 is 9.53 Å². The molecular formula is C18H23N5O2S. The molecule has 1 amide bonds. The number of ether oxygens (including phenoxy) is 1. The molecule has 2 aromatic rings. The molecule has 0 bridgehead atoms. The molecule has 0 unspecified atom stereocenters. The van der Waals surface area contributed by atoms with Crippen LogP contribution in [0.15, 0.2) is 22.9 Å². The molecule has 138 valence electrons. The highest BCUT2D eigenvalue weighted by molar-refractivity contribution is 7.08. The SMILES string of the molecule is Cc1cc(N2CCN(C(=O)c3ccsc3)CC2)nc(N2CCOCC2)n1. The molecule has 7 nitrogen and oxygen atoms in total. The van der Waals surface area contributed by atoms with E-state index in [4.69, 9.17) is 9.72 Å². The topological polar surface area (TPSA) is 61.8 Å². The summed E-state index contributed by atoms with van der Waals surface area (Å²) in [7, 11) is 0. The van der Waals surface area contributed by atoms with Gasteiger partial charge in [-0.15, -0.1) is 0 Å². The maximum absolute atomic E-state index is 12.5. The minimum atomic E-state index is 0.124. The lowest BCUT2D eigenvalue weighted by Gasteiger charge is -2.36. The highest BCUT2D eigenvalue weighted by Gasteiger charge is 2.24. The highest BCUT2D eigenvalue weighted by atomic mass is 32.1. The number of anilines is 2. The van der Waals surface area contributed by atoms with Crippen LogP contribution in [-0.2, 0) is 4.74 Å². The lowest BCUT2D eigenvalue weighted by molar-refractivity contribution is 0.0747. The number of hydrogen-bond donors (Lipinski definition) is 0. The van der Waals surface area contributed by atoms with Crippen molar-refractivity contribution in [2.75, 3.05) is 62.3 Å². The number of hydrogen-bond acceptors (Lipinski definition) is 7. The van der Waals surface area contributed by atoms with Crippen LogP contribution in [0, 0.1) is 6.92 Å². The summed E-state index contributed by atoms with van der Waals surface area (Å²) in [5.74, 6) is 1.85. The molecule has 4 heterocycles. The van der Waals surface area contributed by atoms with Crippen molar-refractivity contribution in [3.63, 3.8) is 0 Å². The molecule has 0 atom stereocenters. The van der Waals surface area contributed by atoms with Crippen molar-refractivity contribution in [3.8, 4) is 0 Å². The number of aromatic nitrogens is 2. The molecule has 0 aliphatic carbocycles. The average molecular weight is 373 g/mol. The van der Waals surface area contributed by atoms with Gasteiger partial charge in [-0.05, 0) is 18.4 Å². The fraction of sp³-hybridized carbons (Fsp3) is 0.500. The van der Waals surface area contributed by atoms with Gasteiger partial charge in [-0.2, -0.15) is 16.3 Å². The first-order chi connectivity index (χ1) is 12.7. The number of morpholine rings is 1. The molecule has 4 rings (SSSR count). The van der Waals surface area contributed by atoms with Gasteiger partial charge < -0.3 is 19.4 Å². The van der Waals surface area contributed by atoms with E-state index in [2.05, 4.69) is 14.8 Å². The second-order valence-electron chi connectivity index (χ2n) is 6.56. The van der Waals surface area contributed by atoms with E-state index in [1.807, 2.05) is 34.7 Å². The van der Waals surface area contributed by atoms with E-state index >= 15 is 0 Å². The van der Waals surface area contributed by atoms with Gasteiger partial charge in [-0.3, -0.25) is 4.79 Å². The van der Waals surface area contributed by atoms with Gasteiger partial charge in [0.25, 0.3) is 5.91 Å². The Kier molecular flexibility index (Phi) is 5.03. The van der Waals surface area contributed by atoms with Gasteiger partial charge in [0, 0.05) is 56.4 Å². The number of carbonyl (C=O) groups is 1. The first-order valence-electron chi connectivity index (χ1n) is 8.95. The standard InChI is InChI=1S/C18H23N5O2S/c1-14-12-16(20-18(19-14)23-7-9-25-10-8-23)21-3-5-22(6-4-21)17(24)15-2-11-26-13-15/h2,11-13H,3-10H2,1H3. The van der Waals surface area contributed by atoms with Crippen molar-refractivity contribution in [1.82, 2.24) is 14.9 Å². The minimum absolute atomic E-state index is 0.124. The Bertz CT molecular complexity index is 753. The molecule has 0 spiro atoms.